The lowest BCUT2D eigenvalue weighted by Gasteiger charge is -2.27. The van der Waals surface area contributed by atoms with Crippen LogP contribution in [0, 0.1) is 6.92 Å². The fourth-order valence-electron chi connectivity index (χ4n) is 3.58. The third kappa shape index (κ3) is 3.50. The van der Waals surface area contributed by atoms with Gasteiger partial charge in [0.15, 0.2) is 5.76 Å². The van der Waals surface area contributed by atoms with Gasteiger partial charge >= 0.3 is 0 Å². The van der Waals surface area contributed by atoms with Gasteiger partial charge in [-0.25, -0.2) is 0 Å². The molecule has 0 saturated carbocycles. The Labute approximate surface area is 178 Å². The van der Waals surface area contributed by atoms with E-state index in [9.17, 15) is 14.7 Å². The van der Waals surface area contributed by atoms with E-state index >= 15 is 0 Å². The number of benzene rings is 2. The molecule has 0 saturated heterocycles. The highest BCUT2D eigenvalue weighted by molar-refractivity contribution is 7.12. The first-order valence-electron chi connectivity index (χ1n) is 9.65. The van der Waals surface area contributed by atoms with E-state index in [2.05, 4.69) is 0 Å². The number of ether oxygens (including phenoxy) is 1. The second-order valence-electron chi connectivity index (χ2n) is 6.98. The van der Waals surface area contributed by atoms with Crippen LogP contribution >= 0.6 is 11.3 Å². The van der Waals surface area contributed by atoms with E-state index in [1.807, 2.05) is 50.2 Å². The normalized spacial score (nSPS) is 16.3. The summed E-state index contributed by atoms with van der Waals surface area (Å²) >= 11 is 1.28. The van der Waals surface area contributed by atoms with Crippen molar-refractivity contribution in [1.82, 2.24) is 0 Å². The van der Waals surface area contributed by atoms with Crippen molar-refractivity contribution in [3.8, 4) is 5.75 Å². The van der Waals surface area contributed by atoms with Gasteiger partial charge in [-0.05, 0) is 55.1 Å². The molecular formula is C24H21NO4S. The van der Waals surface area contributed by atoms with Crippen LogP contribution in [-0.4, -0.2) is 23.4 Å². The van der Waals surface area contributed by atoms with E-state index in [0.717, 1.165) is 11.1 Å². The van der Waals surface area contributed by atoms with E-state index in [4.69, 9.17) is 4.74 Å². The number of thiophene rings is 1. The molecule has 152 valence electrons. The van der Waals surface area contributed by atoms with Crippen molar-refractivity contribution in [2.24, 2.45) is 0 Å². The zero-order valence-electron chi connectivity index (χ0n) is 16.7. The topological polar surface area (TPSA) is 66.8 Å². The number of aryl methyl sites for hydroxylation is 1. The quantitative estimate of drug-likeness (QED) is 0.555. The number of amides is 1. The summed E-state index contributed by atoms with van der Waals surface area (Å²) in [6.45, 7) is 4.40. The summed E-state index contributed by atoms with van der Waals surface area (Å²) in [5.41, 5.74) is 2.48. The SMILES string of the molecule is CCOc1ccc(C2C(C(=O)c3cccs3)=C(O)C(=O)N2c2ccc(C)cc2)cc1. The second kappa shape index (κ2) is 8.16. The molecule has 0 radical (unpaired) electrons. The Balaban J connectivity index is 1.83. The Morgan fingerprint density at radius 2 is 1.80 bits per heavy atom. The molecule has 5 nitrogen and oxygen atoms in total. The highest BCUT2D eigenvalue weighted by Crippen LogP contribution is 2.42. The fraction of sp³-hybridized carbons (Fsp3) is 0.167. The molecule has 6 heteroatoms. The number of Topliss-reactive ketones (excluding diaryl/α,β-unsaturated/α-hetero) is 1. The Morgan fingerprint density at radius 1 is 1.10 bits per heavy atom. The van der Waals surface area contributed by atoms with Gasteiger partial charge in [0.25, 0.3) is 5.91 Å². The van der Waals surface area contributed by atoms with E-state index in [1.54, 1.807) is 29.6 Å². The Bertz CT molecular complexity index is 1100. The number of anilines is 1. The smallest absolute Gasteiger partial charge is 0.294 e. The van der Waals surface area contributed by atoms with Gasteiger partial charge in [0.2, 0.25) is 5.78 Å². The molecule has 2 heterocycles. The molecule has 1 aromatic heterocycles. The summed E-state index contributed by atoms with van der Waals surface area (Å²) in [6, 6.07) is 17.4. The van der Waals surface area contributed by atoms with Gasteiger partial charge in [0.05, 0.1) is 23.1 Å². The van der Waals surface area contributed by atoms with E-state index in [-0.39, 0.29) is 11.4 Å². The summed E-state index contributed by atoms with van der Waals surface area (Å²) in [6.07, 6.45) is 0. The minimum absolute atomic E-state index is 0.0900. The fourth-order valence-corrected chi connectivity index (χ4v) is 4.26. The van der Waals surface area contributed by atoms with Crippen molar-refractivity contribution < 1.29 is 19.4 Å². The summed E-state index contributed by atoms with van der Waals surface area (Å²) < 4.78 is 5.52. The molecule has 1 aliphatic rings. The van der Waals surface area contributed by atoms with Crippen LogP contribution < -0.4 is 9.64 Å². The molecule has 0 fully saturated rings. The van der Waals surface area contributed by atoms with Crippen molar-refractivity contribution in [3.63, 3.8) is 0 Å². The van der Waals surface area contributed by atoms with E-state index in [1.165, 1.54) is 16.2 Å². The van der Waals surface area contributed by atoms with Gasteiger partial charge in [-0.15, -0.1) is 11.3 Å². The molecule has 0 aliphatic carbocycles. The van der Waals surface area contributed by atoms with Crippen LogP contribution in [-0.2, 0) is 4.79 Å². The lowest BCUT2D eigenvalue weighted by Crippen LogP contribution is -2.31. The lowest BCUT2D eigenvalue weighted by molar-refractivity contribution is -0.117. The first kappa shape index (κ1) is 19.9. The molecule has 1 unspecified atom stereocenters. The second-order valence-corrected chi connectivity index (χ2v) is 7.93. The highest BCUT2D eigenvalue weighted by Gasteiger charge is 2.44. The van der Waals surface area contributed by atoms with Gasteiger partial charge in [-0.2, -0.15) is 0 Å². The molecule has 0 spiro atoms. The predicted molar refractivity (Wildman–Crippen MR) is 117 cm³/mol. The molecule has 2 aromatic carbocycles. The van der Waals surface area contributed by atoms with Crippen molar-refractivity contribution in [2.45, 2.75) is 19.9 Å². The number of carbonyl (C=O) groups is 2. The molecule has 0 bridgehead atoms. The third-order valence-corrected chi connectivity index (χ3v) is 5.89. The van der Waals surface area contributed by atoms with Crippen LogP contribution in [0.2, 0.25) is 0 Å². The number of aliphatic hydroxyl groups excluding tert-OH is 1. The van der Waals surface area contributed by atoms with E-state index in [0.29, 0.717) is 22.9 Å². The van der Waals surface area contributed by atoms with Crippen LogP contribution in [0.4, 0.5) is 5.69 Å². The number of ketones is 1. The highest BCUT2D eigenvalue weighted by atomic mass is 32.1. The zero-order chi connectivity index (χ0) is 21.3. The van der Waals surface area contributed by atoms with E-state index < -0.39 is 17.7 Å². The first-order valence-corrected chi connectivity index (χ1v) is 10.5. The van der Waals surface area contributed by atoms with Crippen LogP contribution in [0.25, 0.3) is 0 Å². The predicted octanol–water partition coefficient (Wildman–Crippen LogP) is 5.24. The van der Waals surface area contributed by atoms with Gasteiger partial charge in [-0.3, -0.25) is 14.5 Å². The number of carbonyl (C=O) groups excluding carboxylic acids is 2. The summed E-state index contributed by atoms with van der Waals surface area (Å²) in [5.74, 6) is -0.735. The molecular weight excluding hydrogens is 398 g/mol. The summed E-state index contributed by atoms with van der Waals surface area (Å²) in [5, 5.41) is 12.5. The molecule has 1 amide bonds. The molecule has 4 rings (SSSR count). The number of rotatable bonds is 6. The number of hydrogen-bond donors (Lipinski definition) is 1. The van der Waals surface area contributed by atoms with Crippen molar-refractivity contribution in [3.05, 3.63) is 93.4 Å². The zero-order valence-corrected chi connectivity index (χ0v) is 17.5. The minimum Gasteiger partial charge on any atom is -0.503 e. The maximum atomic E-state index is 13.2. The lowest BCUT2D eigenvalue weighted by atomic mass is 9.95. The largest absolute Gasteiger partial charge is 0.503 e. The van der Waals surface area contributed by atoms with Gasteiger partial charge in [-0.1, -0.05) is 35.9 Å². The molecule has 1 N–H and O–H groups in total. The minimum atomic E-state index is -0.731. The van der Waals surface area contributed by atoms with Gasteiger partial charge in [0.1, 0.15) is 5.75 Å². The maximum absolute atomic E-state index is 13.2. The van der Waals surface area contributed by atoms with Crippen LogP contribution in [0.5, 0.6) is 5.75 Å². The molecule has 1 aliphatic heterocycles. The molecule has 30 heavy (non-hydrogen) atoms. The Hall–Kier alpha value is -3.38. The first-order chi connectivity index (χ1) is 14.5. The van der Waals surface area contributed by atoms with Crippen LogP contribution in [0.15, 0.2) is 77.4 Å². The van der Waals surface area contributed by atoms with Gasteiger partial charge in [0, 0.05) is 5.69 Å². The monoisotopic (exact) mass is 419 g/mol. The standard InChI is InChI=1S/C24H21NO4S/c1-3-29-18-12-8-16(9-13-18)21-20(22(26)19-5-4-14-30-19)23(27)24(28)25(21)17-10-6-15(2)7-11-17/h4-14,21,27H,3H2,1-2H3. The molecule has 3 aromatic rings. The molecule has 1 atom stereocenters. The van der Waals surface area contributed by atoms with Crippen molar-refractivity contribution in [2.75, 3.05) is 11.5 Å². The Morgan fingerprint density at radius 3 is 2.40 bits per heavy atom. The average Bonchev–Trinajstić information content (AvgIpc) is 3.37. The Kier molecular flexibility index (Phi) is 5.42. The maximum Gasteiger partial charge on any atom is 0.294 e. The van der Waals surface area contributed by atoms with Crippen LogP contribution in [0.3, 0.4) is 0 Å². The summed E-state index contributed by atoms with van der Waals surface area (Å²) in [4.78, 5) is 28.3. The average molecular weight is 420 g/mol. The number of nitrogens with zero attached hydrogens (tertiary/aromatic N) is 1. The summed E-state index contributed by atoms with van der Waals surface area (Å²) in [7, 11) is 0. The van der Waals surface area contributed by atoms with Crippen molar-refractivity contribution in [1.29, 1.82) is 0 Å². The van der Waals surface area contributed by atoms with Crippen LogP contribution in [0.1, 0.15) is 33.8 Å². The third-order valence-electron chi connectivity index (χ3n) is 5.02. The number of aliphatic hydroxyl groups is 1. The van der Waals surface area contributed by atoms with Crippen molar-refractivity contribution >= 4 is 28.7 Å². The van der Waals surface area contributed by atoms with Gasteiger partial charge < -0.3 is 9.84 Å². The number of hydrogen-bond acceptors (Lipinski definition) is 5.